The standard InChI is InChI=1S/C29H38Cl2N6O2S/c1-34(2)37(39)35(38)20-24-26(11-5-3-4-8-18-32)33-36(27-16-13-22(30)19-25(27)31)29(24)28-17-15-23(40-28)14-12-21-9-6-7-10-21/h13,15-17,19,21,38-39H,3-11,18,20,32H2,1-2H3. The normalized spacial score (nSPS) is 14.1. The second-order valence-corrected chi connectivity index (χ2v) is 12.2. The van der Waals surface area contributed by atoms with Crippen LogP contribution in [0.25, 0.3) is 16.3 Å². The van der Waals surface area contributed by atoms with Crippen LogP contribution in [-0.2, 0) is 13.0 Å². The van der Waals surface area contributed by atoms with Crippen molar-refractivity contribution in [3.05, 3.63) is 56.5 Å². The highest BCUT2D eigenvalue weighted by atomic mass is 35.5. The number of nitrogens with zero attached hydrogens (tertiary/aromatic N) is 5. The maximum Gasteiger partial charge on any atom is 0.0891 e. The van der Waals surface area contributed by atoms with Crippen molar-refractivity contribution in [2.45, 2.75) is 64.3 Å². The van der Waals surface area contributed by atoms with E-state index in [0.29, 0.717) is 39.9 Å². The van der Waals surface area contributed by atoms with Gasteiger partial charge in [-0.3, -0.25) is 10.4 Å². The summed E-state index contributed by atoms with van der Waals surface area (Å²) in [5, 5.41) is 30.0. The fourth-order valence-corrected chi connectivity index (χ4v) is 6.33. The number of hydroxylamine groups is 1. The van der Waals surface area contributed by atoms with Crippen molar-refractivity contribution < 1.29 is 10.4 Å². The van der Waals surface area contributed by atoms with Crippen molar-refractivity contribution in [2.24, 2.45) is 11.7 Å². The van der Waals surface area contributed by atoms with Crippen molar-refractivity contribution in [1.82, 2.24) is 25.2 Å². The lowest BCUT2D eigenvalue weighted by Crippen LogP contribution is -2.45. The average Bonchev–Trinajstić information content (AvgIpc) is 3.68. The first-order valence-corrected chi connectivity index (χ1v) is 15.4. The Labute approximate surface area is 250 Å². The quantitative estimate of drug-likeness (QED) is 0.119. The van der Waals surface area contributed by atoms with Gasteiger partial charge in [0, 0.05) is 30.6 Å². The number of aryl methyl sites for hydroxylation is 1. The molecule has 1 aliphatic carbocycles. The third-order valence-corrected chi connectivity index (χ3v) is 8.58. The van der Waals surface area contributed by atoms with E-state index in [0.717, 1.165) is 57.6 Å². The predicted octanol–water partition coefficient (Wildman–Crippen LogP) is 6.78. The second-order valence-electron chi connectivity index (χ2n) is 10.3. The summed E-state index contributed by atoms with van der Waals surface area (Å²) in [4.78, 5) is 1.92. The molecule has 1 fully saturated rings. The molecule has 3 aromatic rings. The Bertz CT molecular complexity index is 1330. The van der Waals surface area contributed by atoms with E-state index in [1.54, 1.807) is 37.6 Å². The van der Waals surface area contributed by atoms with Crippen LogP contribution in [0.3, 0.4) is 0 Å². The summed E-state index contributed by atoms with van der Waals surface area (Å²) in [6.07, 6.45) is 9.51. The zero-order valence-corrected chi connectivity index (χ0v) is 25.4. The number of benzene rings is 1. The minimum Gasteiger partial charge on any atom is -0.330 e. The molecular formula is C29H38Cl2N6O2S. The summed E-state index contributed by atoms with van der Waals surface area (Å²) in [5.41, 5.74) is 8.78. The van der Waals surface area contributed by atoms with E-state index in [-0.39, 0.29) is 6.54 Å². The third kappa shape index (κ3) is 7.85. The van der Waals surface area contributed by atoms with Gasteiger partial charge in [-0.05, 0) is 74.3 Å². The molecule has 0 spiro atoms. The molecule has 0 radical (unpaired) electrons. The number of hydrogen-bond acceptors (Lipinski definition) is 8. The van der Waals surface area contributed by atoms with Gasteiger partial charge in [-0.15, -0.1) is 11.3 Å². The molecule has 8 nitrogen and oxygen atoms in total. The molecule has 1 saturated carbocycles. The molecule has 4 N–H and O–H groups in total. The molecule has 11 heteroatoms. The lowest BCUT2D eigenvalue weighted by atomic mass is 10.1. The first kappa shape index (κ1) is 31.0. The van der Waals surface area contributed by atoms with Gasteiger partial charge in [0.25, 0.3) is 0 Å². The number of thiophene rings is 1. The van der Waals surface area contributed by atoms with Crippen LogP contribution >= 0.6 is 34.5 Å². The lowest BCUT2D eigenvalue weighted by Gasteiger charge is -2.28. The van der Waals surface area contributed by atoms with E-state index >= 15 is 0 Å². The van der Waals surface area contributed by atoms with Gasteiger partial charge in [-0.1, -0.05) is 65.9 Å². The highest BCUT2D eigenvalue weighted by Gasteiger charge is 2.26. The van der Waals surface area contributed by atoms with Gasteiger partial charge in [0.1, 0.15) is 0 Å². The van der Waals surface area contributed by atoms with E-state index < -0.39 is 0 Å². The van der Waals surface area contributed by atoms with E-state index in [4.69, 9.17) is 34.0 Å². The van der Waals surface area contributed by atoms with Crippen LogP contribution in [0.5, 0.6) is 0 Å². The lowest BCUT2D eigenvalue weighted by molar-refractivity contribution is -0.444. The van der Waals surface area contributed by atoms with Crippen molar-refractivity contribution >= 4 is 34.5 Å². The van der Waals surface area contributed by atoms with Gasteiger partial charge >= 0.3 is 0 Å². The monoisotopic (exact) mass is 604 g/mol. The summed E-state index contributed by atoms with van der Waals surface area (Å²) < 4.78 is 1.83. The predicted molar refractivity (Wildman–Crippen MR) is 162 cm³/mol. The molecule has 216 valence electrons. The molecule has 0 aliphatic heterocycles. The Hall–Kier alpha value is -1.97. The summed E-state index contributed by atoms with van der Waals surface area (Å²) >= 11 is 14.5. The van der Waals surface area contributed by atoms with Crippen molar-refractivity contribution in [3.63, 3.8) is 0 Å². The van der Waals surface area contributed by atoms with Crippen molar-refractivity contribution in [2.75, 3.05) is 20.6 Å². The first-order valence-electron chi connectivity index (χ1n) is 13.8. The summed E-state index contributed by atoms with van der Waals surface area (Å²) in [5.74, 6) is 7.30. The molecule has 0 atom stereocenters. The number of nitrogens with two attached hydrogens (primary N) is 1. The topological polar surface area (TPSA) is 94.0 Å². The van der Waals surface area contributed by atoms with E-state index in [2.05, 4.69) is 11.8 Å². The van der Waals surface area contributed by atoms with Gasteiger partial charge < -0.3 is 5.73 Å². The summed E-state index contributed by atoms with van der Waals surface area (Å²) in [7, 11) is 3.27. The molecule has 1 aromatic carbocycles. The fraction of sp³-hybridized carbons (Fsp3) is 0.483. The molecule has 40 heavy (non-hydrogen) atoms. The van der Waals surface area contributed by atoms with Gasteiger partial charge in [0.2, 0.25) is 0 Å². The number of hydrazine groups is 2. The van der Waals surface area contributed by atoms with E-state index in [1.807, 2.05) is 22.9 Å². The van der Waals surface area contributed by atoms with Crippen molar-refractivity contribution in [1.29, 1.82) is 0 Å². The first-order chi connectivity index (χ1) is 19.3. The largest absolute Gasteiger partial charge is 0.330 e. The Kier molecular flexibility index (Phi) is 11.4. The molecule has 0 amide bonds. The van der Waals surface area contributed by atoms with Crippen LogP contribution in [-0.4, -0.2) is 56.3 Å². The number of hydrogen-bond donors (Lipinski definition) is 3. The molecule has 2 aromatic heterocycles. The Balaban J connectivity index is 1.79. The summed E-state index contributed by atoms with van der Waals surface area (Å²) in [6.45, 7) is 0.689. The van der Waals surface area contributed by atoms with E-state index in [9.17, 15) is 10.4 Å². The third-order valence-electron chi connectivity index (χ3n) is 7.03. The zero-order valence-electron chi connectivity index (χ0n) is 23.1. The van der Waals surface area contributed by atoms with Gasteiger partial charge in [0.05, 0.1) is 38.4 Å². The summed E-state index contributed by atoms with van der Waals surface area (Å²) in [6, 6.07) is 9.41. The minimum atomic E-state index is 0.00828. The molecule has 1 aliphatic rings. The molecule has 4 rings (SSSR count). The molecular weight excluding hydrogens is 567 g/mol. The van der Waals surface area contributed by atoms with Gasteiger partial charge in [0.15, 0.2) is 0 Å². The highest BCUT2D eigenvalue weighted by Crippen LogP contribution is 2.37. The smallest absolute Gasteiger partial charge is 0.0891 e. The van der Waals surface area contributed by atoms with Gasteiger partial charge in [-0.2, -0.15) is 5.10 Å². The molecule has 2 heterocycles. The van der Waals surface area contributed by atoms with Crippen LogP contribution in [0.1, 0.15) is 67.5 Å². The van der Waals surface area contributed by atoms with Gasteiger partial charge in [-0.25, -0.2) is 9.69 Å². The second kappa shape index (κ2) is 14.8. The Morgan fingerprint density at radius 3 is 2.52 bits per heavy atom. The Morgan fingerprint density at radius 1 is 1.07 bits per heavy atom. The number of halogens is 2. The molecule has 0 bridgehead atoms. The highest BCUT2D eigenvalue weighted by molar-refractivity contribution is 7.16. The van der Waals surface area contributed by atoms with Crippen LogP contribution in [0.2, 0.25) is 10.0 Å². The van der Waals surface area contributed by atoms with Crippen LogP contribution in [0.15, 0.2) is 30.3 Å². The number of aromatic nitrogens is 2. The number of rotatable bonds is 12. The van der Waals surface area contributed by atoms with Crippen LogP contribution in [0, 0.1) is 17.8 Å². The van der Waals surface area contributed by atoms with Crippen molar-refractivity contribution in [3.8, 4) is 28.1 Å². The van der Waals surface area contributed by atoms with Crippen LogP contribution in [0.4, 0.5) is 0 Å². The maximum atomic E-state index is 10.8. The van der Waals surface area contributed by atoms with E-state index in [1.165, 1.54) is 30.7 Å². The number of unbranched alkanes of at least 4 members (excludes halogenated alkanes) is 3. The Morgan fingerprint density at radius 2 is 1.82 bits per heavy atom. The van der Waals surface area contributed by atoms with Crippen LogP contribution < -0.4 is 5.73 Å². The molecule has 0 saturated heterocycles. The SMILES string of the molecule is CN(C)N(O)N(O)Cc1c(CCCCCCN)nn(-c2ccc(Cl)cc2Cl)c1-c1ccc(C#CC2CCCC2)s1. The average molecular weight is 606 g/mol. The maximum absolute atomic E-state index is 10.8. The zero-order chi connectivity index (χ0) is 28.6. The molecule has 0 unspecified atom stereocenters. The fourth-order valence-electron chi connectivity index (χ4n) is 4.92. The minimum absolute atomic E-state index is 0.00828.